The van der Waals surface area contributed by atoms with Crippen LogP contribution in [0.15, 0.2) is 122 Å². The van der Waals surface area contributed by atoms with Crippen LogP contribution in [0, 0.1) is 0 Å². The van der Waals surface area contributed by atoms with E-state index < -0.39 is 5.54 Å². The van der Waals surface area contributed by atoms with Crippen LogP contribution in [0.5, 0.6) is 0 Å². The van der Waals surface area contributed by atoms with Gasteiger partial charge in [0.1, 0.15) is 11.2 Å². The second-order valence-electron chi connectivity index (χ2n) is 7.95. The molecular formula is C28H21N5. The van der Waals surface area contributed by atoms with E-state index in [2.05, 4.69) is 92.7 Å². The Morgan fingerprint density at radius 3 is 1.76 bits per heavy atom. The van der Waals surface area contributed by atoms with Crippen molar-refractivity contribution in [1.29, 1.82) is 0 Å². The van der Waals surface area contributed by atoms with Gasteiger partial charge in [-0.05, 0) is 22.8 Å². The maximum Gasteiger partial charge on any atom is 0.138 e. The summed E-state index contributed by atoms with van der Waals surface area (Å²) in [5, 5.41) is 13.3. The first kappa shape index (κ1) is 19.2. The zero-order valence-corrected chi connectivity index (χ0v) is 17.8. The Labute approximate surface area is 191 Å². The first-order valence-electron chi connectivity index (χ1n) is 10.9. The van der Waals surface area contributed by atoms with Crippen molar-refractivity contribution in [1.82, 2.24) is 25.0 Å². The molecule has 1 N–H and O–H groups in total. The van der Waals surface area contributed by atoms with Gasteiger partial charge in [0.2, 0.25) is 0 Å². The van der Waals surface area contributed by atoms with Crippen LogP contribution >= 0.6 is 0 Å². The first-order valence-corrected chi connectivity index (χ1v) is 10.9. The number of benzene rings is 3. The molecule has 3 aromatic heterocycles. The average Bonchev–Trinajstić information content (AvgIpc) is 3.56. The molecule has 0 fully saturated rings. The van der Waals surface area contributed by atoms with E-state index in [0.29, 0.717) is 0 Å². The van der Waals surface area contributed by atoms with Crippen LogP contribution in [-0.2, 0) is 5.54 Å². The van der Waals surface area contributed by atoms with Gasteiger partial charge in [-0.1, -0.05) is 91.0 Å². The highest BCUT2D eigenvalue weighted by Gasteiger charge is 2.40. The molecule has 5 nitrogen and oxygen atoms in total. The molecule has 158 valence electrons. The van der Waals surface area contributed by atoms with Crippen molar-refractivity contribution in [2.45, 2.75) is 5.54 Å². The normalized spacial score (nSPS) is 11.6. The van der Waals surface area contributed by atoms with Gasteiger partial charge >= 0.3 is 0 Å². The summed E-state index contributed by atoms with van der Waals surface area (Å²) >= 11 is 0. The van der Waals surface area contributed by atoms with Gasteiger partial charge in [-0.15, -0.1) is 0 Å². The van der Waals surface area contributed by atoms with Crippen LogP contribution in [0.2, 0.25) is 0 Å². The third-order valence-corrected chi connectivity index (χ3v) is 6.15. The summed E-state index contributed by atoms with van der Waals surface area (Å²) < 4.78 is 2.15. The van der Waals surface area contributed by atoms with Crippen molar-refractivity contribution in [3.63, 3.8) is 0 Å². The van der Waals surface area contributed by atoms with Gasteiger partial charge in [0, 0.05) is 29.5 Å². The Hall–Kier alpha value is -4.51. The van der Waals surface area contributed by atoms with Gasteiger partial charge in [0.15, 0.2) is 0 Å². The van der Waals surface area contributed by atoms with Crippen LogP contribution in [0.1, 0.15) is 16.7 Å². The highest BCUT2D eigenvalue weighted by Crippen LogP contribution is 2.43. The molecule has 0 atom stereocenters. The van der Waals surface area contributed by atoms with E-state index in [1.165, 1.54) is 0 Å². The third kappa shape index (κ3) is 2.97. The number of rotatable bonds is 5. The third-order valence-electron chi connectivity index (χ3n) is 6.15. The summed E-state index contributed by atoms with van der Waals surface area (Å²) in [7, 11) is 0. The Balaban J connectivity index is 1.80. The summed E-state index contributed by atoms with van der Waals surface area (Å²) in [4.78, 5) is 4.41. The predicted octanol–water partition coefficient (Wildman–Crippen LogP) is 5.66. The van der Waals surface area contributed by atoms with Crippen LogP contribution < -0.4 is 0 Å². The number of fused-ring (bicyclic) bond motifs is 1. The molecule has 0 aliphatic heterocycles. The van der Waals surface area contributed by atoms with Crippen molar-refractivity contribution in [3.8, 4) is 11.3 Å². The Morgan fingerprint density at radius 1 is 0.667 bits per heavy atom. The maximum absolute atomic E-state index is 5.25. The summed E-state index contributed by atoms with van der Waals surface area (Å²) in [5.74, 6) is 0. The molecule has 6 rings (SSSR count). The largest absolute Gasteiger partial charge is 0.285 e. The smallest absolute Gasteiger partial charge is 0.138 e. The fourth-order valence-corrected chi connectivity index (χ4v) is 4.72. The van der Waals surface area contributed by atoms with Crippen molar-refractivity contribution in [3.05, 3.63) is 139 Å². The van der Waals surface area contributed by atoms with Gasteiger partial charge in [-0.3, -0.25) is 10.1 Å². The Kier molecular flexibility index (Phi) is 4.58. The molecule has 0 unspecified atom stereocenters. The molecule has 3 aromatic carbocycles. The van der Waals surface area contributed by atoms with Crippen molar-refractivity contribution >= 4 is 10.9 Å². The van der Waals surface area contributed by atoms with E-state index in [0.717, 1.165) is 38.9 Å². The Morgan fingerprint density at radius 2 is 1.24 bits per heavy atom. The minimum absolute atomic E-state index is 0.689. The minimum Gasteiger partial charge on any atom is -0.285 e. The lowest BCUT2D eigenvalue weighted by molar-refractivity contribution is 0.477. The lowest BCUT2D eigenvalue weighted by atomic mass is 9.77. The van der Waals surface area contributed by atoms with E-state index in [-0.39, 0.29) is 0 Å². The maximum atomic E-state index is 5.25. The van der Waals surface area contributed by atoms with E-state index in [9.17, 15) is 0 Å². The molecule has 0 saturated heterocycles. The zero-order chi connectivity index (χ0) is 22.1. The molecule has 6 aromatic rings. The molecule has 0 bridgehead atoms. The topological polar surface area (TPSA) is 59.4 Å². The van der Waals surface area contributed by atoms with Gasteiger partial charge in [0.25, 0.3) is 0 Å². The lowest BCUT2D eigenvalue weighted by Crippen LogP contribution is -2.38. The monoisotopic (exact) mass is 427 g/mol. The van der Waals surface area contributed by atoms with Crippen LogP contribution in [-0.4, -0.2) is 25.0 Å². The number of aromatic nitrogens is 5. The second kappa shape index (κ2) is 7.88. The molecule has 0 aliphatic carbocycles. The number of nitrogens with zero attached hydrogens (tertiary/aromatic N) is 4. The predicted molar refractivity (Wildman–Crippen MR) is 130 cm³/mol. The number of hydrogen-bond donors (Lipinski definition) is 1. The highest BCUT2D eigenvalue weighted by molar-refractivity contribution is 5.93. The fraction of sp³-hybridized carbons (Fsp3) is 0.0357. The summed E-state index contributed by atoms with van der Waals surface area (Å²) in [5.41, 5.74) is 5.46. The fourth-order valence-electron chi connectivity index (χ4n) is 4.72. The molecule has 5 heteroatoms. The van der Waals surface area contributed by atoms with Crippen LogP contribution in [0.25, 0.3) is 22.2 Å². The van der Waals surface area contributed by atoms with Gasteiger partial charge in [-0.25, -0.2) is 4.68 Å². The molecular weight excluding hydrogens is 406 g/mol. The SMILES string of the molecule is c1ccc(C(c2ccccc2)(c2ccccc2)n2nc(-c3cn[nH]c3)c3cnccc32)cc1. The van der Waals surface area contributed by atoms with E-state index in [1.54, 1.807) is 6.20 Å². The standard InChI is InChI=1S/C28H21N5/c1-4-10-22(11-5-1)28(23-12-6-2-7-13-23,24-14-8-3-9-15-24)33-26-16-17-29-20-25(26)27(32-33)21-18-30-31-19-21/h1-20H,(H,30,31). The van der Waals surface area contributed by atoms with Gasteiger partial charge < -0.3 is 0 Å². The van der Waals surface area contributed by atoms with Gasteiger partial charge in [0.05, 0.1) is 11.7 Å². The molecule has 0 aliphatic rings. The molecule has 0 spiro atoms. The number of nitrogens with one attached hydrogen (secondary N) is 1. The number of hydrogen-bond acceptors (Lipinski definition) is 3. The Bertz CT molecular complexity index is 1390. The van der Waals surface area contributed by atoms with E-state index in [1.807, 2.05) is 42.9 Å². The zero-order valence-electron chi connectivity index (χ0n) is 17.8. The highest BCUT2D eigenvalue weighted by atomic mass is 15.3. The van der Waals surface area contributed by atoms with Crippen LogP contribution in [0.4, 0.5) is 0 Å². The van der Waals surface area contributed by atoms with Crippen molar-refractivity contribution < 1.29 is 0 Å². The number of H-pyrrole nitrogens is 1. The molecule has 3 heterocycles. The first-order chi connectivity index (χ1) is 16.4. The summed E-state index contributed by atoms with van der Waals surface area (Å²) in [6, 6.07) is 33.7. The van der Waals surface area contributed by atoms with Gasteiger partial charge in [-0.2, -0.15) is 10.2 Å². The quantitative estimate of drug-likeness (QED) is 0.361. The summed E-state index contributed by atoms with van der Waals surface area (Å²) in [6.07, 6.45) is 7.38. The summed E-state index contributed by atoms with van der Waals surface area (Å²) in [6.45, 7) is 0. The van der Waals surface area contributed by atoms with E-state index in [4.69, 9.17) is 5.10 Å². The molecule has 0 saturated carbocycles. The minimum atomic E-state index is -0.689. The number of aromatic amines is 1. The van der Waals surface area contributed by atoms with Crippen molar-refractivity contribution in [2.75, 3.05) is 0 Å². The van der Waals surface area contributed by atoms with E-state index >= 15 is 0 Å². The second-order valence-corrected chi connectivity index (χ2v) is 7.95. The average molecular weight is 428 g/mol. The molecule has 0 radical (unpaired) electrons. The van der Waals surface area contributed by atoms with Crippen molar-refractivity contribution in [2.24, 2.45) is 0 Å². The molecule has 33 heavy (non-hydrogen) atoms. The lowest BCUT2D eigenvalue weighted by Gasteiger charge is -2.37. The molecule has 0 amide bonds. The van der Waals surface area contributed by atoms with Crippen LogP contribution in [0.3, 0.4) is 0 Å². The number of pyridine rings is 1.